The Kier molecular flexibility index (Phi) is 4.56. The first-order valence-electron chi connectivity index (χ1n) is 10.5. The number of halogens is 1. The van der Waals surface area contributed by atoms with Gasteiger partial charge in [-0.25, -0.2) is 9.97 Å². The molecule has 5 heterocycles. The number of nitrogens with zero attached hydrogens (tertiary/aromatic N) is 2. The van der Waals surface area contributed by atoms with Crippen LogP contribution in [-0.2, 0) is 0 Å². The Labute approximate surface area is 194 Å². The summed E-state index contributed by atoms with van der Waals surface area (Å²) in [6.45, 7) is 0. The molecule has 3 aromatic heterocycles. The largest absolute Gasteiger partial charge is 0.355 e. The van der Waals surface area contributed by atoms with E-state index in [2.05, 4.69) is 16.0 Å². The minimum absolute atomic E-state index is 0.421. The molecule has 2 N–H and O–H groups in total. The third-order valence-electron chi connectivity index (χ3n) is 5.62. The maximum Gasteiger partial charge on any atom is 0.253 e. The molecule has 4 aromatic rings. The van der Waals surface area contributed by atoms with Crippen molar-refractivity contribution >= 4 is 63.2 Å². The molecule has 2 aliphatic rings. The molecule has 8 bridgehead atoms. The number of aromatic amines is 2. The van der Waals surface area contributed by atoms with Crippen LogP contribution in [0.1, 0.15) is 33.1 Å². The molecule has 2 aliphatic heterocycles. The Morgan fingerprint density at radius 1 is 0.667 bits per heavy atom. The van der Waals surface area contributed by atoms with Gasteiger partial charge in [0.25, 0.3) is 5.24 Å². The Hall–Kier alpha value is -4.22. The smallest absolute Gasteiger partial charge is 0.253 e. The van der Waals surface area contributed by atoms with E-state index >= 15 is 0 Å². The predicted molar refractivity (Wildman–Crippen MR) is 134 cm³/mol. The first-order valence-corrected chi connectivity index (χ1v) is 10.9. The number of H-pyrrole nitrogens is 2. The standard InChI is InChI=1S/C27H17ClN4O/c28-27(33)23-4-2-1-3-22(23)26-24-11-9-20(31-24)14-18-7-5-16(29-18)13-17-6-8-19(30-17)15-21-10-12-25(26)32-21/h1-15,29-30H. The van der Waals surface area contributed by atoms with Gasteiger partial charge in [-0.3, -0.25) is 4.79 Å². The molecule has 158 valence electrons. The van der Waals surface area contributed by atoms with Crippen molar-refractivity contribution in [3.8, 4) is 11.1 Å². The lowest BCUT2D eigenvalue weighted by molar-refractivity contribution is 0.108. The van der Waals surface area contributed by atoms with Crippen LogP contribution in [0.15, 0.2) is 66.7 Å². The fraction of sp³-hybridized carbons (Fsp3) is 0. The lowest BCUT2D eigenvalue weighted by Crippen LogP contribution is -1.97. The van der Waals surface area contributed by atoms with E-state index < -0.39 is 5.24 Å². The fourth-order valence-corrected chi connectivity index (χ4v) is 4.32. The van der Waals surface area contributed by atoms with Crippen LogP contribution in [0.25, 0.3) is 57.5 Å². The first-order chi connectivity index (χ1) is 16.1. The van der Waals surface area contributed by atoms with Gasteiger partial charge in [0.2, 0.25) is 0 Å². The molecule has 0 fully saturated rings. The van der Waals surface area contributed by atoms with Crippen molar-refractivity contribution in [2.45, 2.75) is 0 Å². The Morgan fingerprint density at radius 3 is 1.73 bits per heavy atom. The first kappa shape index (κ1) is 19.5. The number of fused-ring (bicyclic) bond motifs is 8. The average molecular weight is 449 g/mol. The molecular weight excluding hydrogens is 432 g/mol. The van der Waals surface area contributed by atoms with Crippen molar-refractivity contribution in [2.24, 2.45) is 0 Å². The summed E-state index contributed by atoms with van der Waals surface area (Å²) in [6.07, 6.45) is 7.80. The molecule has 33 heavy (non-hydrogen) atoms. The highest BCUT2D eigenvalue weighted by Crippen LogP contribution is 2.33. The summed E-state index contributed by atoms with van der Waals surface area (Å²) in [4.78, 5) is 28.7. The van der Waals surface area contributed by atoms with Crippen molar-refractivity contribution in [1.29, 1.82) is 0 Å². The molecule has 5 nitrogen and oxygen atoms in total. The highest BCUT2D eigenvalue weighted by Gasteiger charge is 2.18. The molecular formula is C27H17ClN4O. The molecule has 0 saturated heterocycles. The van der Waals surface area contributed by atoms with E-state index in [0.29, 0.717) is 11.1 Å². The maximum absolute atomic E-state index is 12.2. The van der Waals surface area contributed by atoms with Crippen molar-refractivity contribution in [3.05, 3.63) is 95.1 Å². The lowest BCUT2D eigenvalue weighted by atomic mass is 9.97. The molecule has 0 unspecified atom stereocenters. The van der Waals surface area contributed by atoms with E-state index in [4.69, 9.17) is 21.6 Å². The van der Waals surface area contributed by atoms with Gasteiger partial charge in [-0.2, -0.15) is 0 Å². The zero-order valence-electron chi connectivity index (χ0n) is 17.3. The Morgan fingerprint density at radius 2 is 1.18 bits per heavy atom. The van der Waals surface area contributed by atoms with Crippen molar-refractivity contribution < 1.29 is 4.79 Å². The number of carbonyl (C=O) groups is 1. The van der Waals surface area contributed by atoms with Crippen molar-refractivity contribution in [2.75, 3.05) is 0 Å². The third-order valence-corrected chi connectivity index (χ3v) is 5.83. The topological polar surface area (TPSA) is 74.4 Å². The van der Waals surface area contributed by atoms with Gasteiger partial charge in [-0.1, -0.05) is 18.2 Å². The van der Waals surface area contributed by atoms with E-state index in [-0.39, 0.29) is 0 Å². The Balaban J connectivity index is 1.74. The number of nitrogens with one attached hydrogen (secondary N) is 2. The van der Waals surface area contributed by atoms with E-state index in [1.165, 1.54) is 0 Å². The molecule has 0 aliphatic carbocycles. The molecule has 0 spiro atoms. The van der Waals surface area contributed by atoms with Gasteiger partial charge >= 0.3 is 0 Å². The summed E-state index contributed by atoms with van der Waals surface area (Å²) in [5, 5.41) is -0.518. The van der Waals surface area contributed by atoms with Crippen LogP contribution >= 0.6 is 11.6 Å². The second-order valence-electron chi connectivity index (χ2n) is 7.88. The number of hydrogen-bond acceptors (Lipinski definition) is 3. The monoisotopic (exact) mass is 448 g/mol. The fourth-order valence-electron chi connectivity index (χ4n) is 4.16. The van der Waals surface area contributed by atoms with Gasteiger partial charge in [-0.05, 0) is 90.0 Å². The second kappa shape index (κ2) is 7.73. The van der Waals surface area contributed by atoms with E-state index in [1.807, 2.05) is 72.8 Å². The average Bonchev–Trinajstić information content (AvgIpc) is 3.60. The third kappa shape index (κ3) is 3.69. The molecule has 6 rings (SSSR count). The summed E-state index contributed by atoms with van der Waals surface area (Å²) in [6, 6.07) is 21.4. The van der Waals surface area contributed by atoms with Crippen LogP contribution in [0, 0.1) is 0 Å². The molecule has 0 atom stereocenters. The minimum atomic E-state index is -0.518. The number of carbonyl (C=O) groups excluding carboxylic acids is 1. The maximum atomic E-state index is 12.2. The van der Waals surface area contributed by atoms with Gasteiger partial charge < -0.3 is 9.97 Å². The summed E-state index contributed by atoms with van der Waals surface area (Å²) in [7, 11) is 0. The SMILES string of the molecule is O=C(Cl)c1ccccc1-c1c2nc(cc3ccc(cc4ccc(cc5nc1C=C5)[nH]4)[nH]3)C=C2. The van der Waals surface area contributed by atoms with Crippen LogP contribution in [0.3, 0.4) is 0 Å². The van der Waals surface area contributed by atoms with Crippen molar-refractivity contribution in [3.63, 3.8) is 0 Å². The normalized spacial score (nSPS) is 12.3. The van der Waals surface area contributed by atoms with E-state index in [0.717, 1.165) is 50.4 Å². The summed E-state index contributed by atoms with van der Waals surface area (Å²) in [5.74, 6) is 0. The van der Waals surface area contributed by atoms with Gasteiger partial charge in [0.1, 0.15) is 0 Å². The minimum Gasteiger partial charge on any atom is -0.355 e. The van der Waals surface area contributed by atoms with Gasteiger partial charge in [0.15, 0.2) is 0 Å². The van der Waals surface area contributed by atoms with Gasteiger partial charge in [0, 0.05) is 33.2 Å². The molecule has 0 amide bonds. The quantitative estimate of drug-likeness (QED) is 0.289. The zero-order valence-corrected chi connectivity index (χ0v) is 18.1. The number of aromatic nitrogens is 4. The molecule has 6 heteroatoms. The number of hydrogen-bond donors (Lipinski definition) is 2. The van der Waals surface area contributed by atoms with Crippen LogP contribution in [-0.4, -0.2) is 25.2 Å². The van der Waals surface area contributed by atoms with Crippen LogP contribution < -0.4 is 0 Å². The number of benzene rings is 1. The summed E-state index contributed by atoms with van der Waals surface area (Å²) in [5.41, 5.74) is 8.82. The van der Waals surface area contributed by atoms with Gasteiger partial charge in [-0.15, -0.1) is 0 Å². The summed E-state index contributed by atoms with van der Waals surface area (Å²) < 4.78 is 0. The van der Waals surface area contributed by atoms with E-state index in [1.54, 1.807) is 12.1 Å². The predicted octanol–water partition coefficient (Wildman–Crippen LogP) is 6.70. The zero-order chi connectivity index (χ0) is 22.4. The lowest BCUT2D eigenvalue weighted by Gasteiger charge is -2.08. The van der Waals surface area contributed by atoms with Crippen LogP contribution in [0.5, 0.6) is 0 Å². The number of rotatable bonds is 2. The van der Waals surface area contributed by atoms with Crippen molar-refractivity contribution in [1.82, 2.24) is 19.9 Å². The van der Waals surface area contributed by atoms with Crippen LogP contribution in [0.4, 0.5) is 0 Å². The molecule has 0 saturated carbocycles. The van der Waals surface area contributed by atoms with E-state index in [9.17, 15) is 4.79 Å². The van der Waals surface area contributed by atoms with Crippen LogP contribution in [0.2, 0.25) is 0 Å². The Bertz CT molecular complexity index is 1560. The second-order valence-corrected chi connectivity index (χ2v) is 8.22. The highest BCUT2D eigenvalue weighted by atomic mass is 35.5. The highest BCUT2D eigenvalue weighted by molar-refractivity contribution is 6.68. The molecule has 0 radical (unpaired) electrons. The molecule has 1 aromatic carbocycles. The van der Waals surface area contributed by atoms with Gasteiger partial charge in [0.05, 0.1) is 22.8 Å². The summed E-state index contributed by atoms with van der Waals surface area (Å²) >= 11 is 5.93.